The van der Waals surface area contributed by atoms with Gasteiger partial charge in [-0.05, 0) is 36.5 Å². The number of hydrogen-bond acceptors (Lipinski definition) is 9. The van der Waals surface area contributed by atoms with Crippen LogP contribution in [0.5, 0.6) is 0 Å². The third-order valence-corrected chi connectivity index (χ3v) is 4.59. The average molecular weight is 447 g/mol. The molecule has 0 aromatic heterocycles. The molecule has 0 saturated carbocycles. The highest BCUT2D eigenvalue weighted by molar-refractivity contribution is 7.80. The molecular weight excluding hydrogens is 412 g/mol. The molecule has 0 aromatic carbocycles. The van der Waals surface area contributed by atoms with Crippen molar-refractivity contribution in [3.05, 3.63) is 0 Å². The van der Waals surface area contributed by atoms with E-state index in [2.05, 4.69) is 50.5 Å². The third kappa shape index (κ3) is 14.8. The molecule has 0 aliphatic carbocycles. The fourth-order valence-electron chi connectivity index (χ4n) is 2.01. The van der Waals surface area contributed by atoms with Crippen molar-refractivity contribution in [2.45, 2.75) is 25.7 Å². The summed E-state index contributed by atoms with van der Waals surface area (Å²) in [7, 11) is 0. The zero-order chi connectivity index (χ0) is 19.5. The lowest BCUT2D eigenvalue weighted by Gasteiger charge is -2.32. The number of esters is 1. The minimum atomic E-state index is -0.532. The van der Waals surface area contributed by atoms with Crippen LogP contribution in [0.1, 0.15) is 25.7 Å². The Labute approximate surface area is 180 Å². The van der Waals surface area contributed by atoms with Crippen molar-refractivity contribution >= 4 is 56.5 Å². The molecule has 0 atom stereocenters. The molecule has 0 aromatic rings. The van der Waals surface area contributed by atoms with E-state index in [0.29, 0.717) is 45.4 Å². The maximum Gasteiger partial charge on any atom is 0.306 e. The molecule has 0 amide bonds. The summed E-state index contributed by atoms with van der Waals surface area (Å²) in [5, 5.41) is 0. The molecule has 156 valence electrons. The van der Waals surface area contributed by atoms with E-state index in [1.807, 2.05) is 0 Å². The van der Waals surface area contributed by atoms with Gasteiger partial charge in [0.15, 0.2) is 0 Å². The molecule has 0 N–H and O–H groups in total. The zero-order valence-corrected chi connectivity index (χ0v) is 19.0. The lowest BCUT2D eigenvalue weighted by molar-refractivity contribution is -0.155. The van der Waals surface area contributed by atoms with Crippen LogP contribution in [0.3, 0.4) is 0 Å². The predicted molar refractivity (Wildman–Crippen MR) is 120 cm³/mol. The van der Waals surface area contributed by atoms with Crippen LogP contribution in [0.2, 0.25) is 0 Å². The van der Waals surface area contributed by atoms with E-state index >= 15 is 0 Å². The minimum absolute atomic E-state index is 0.197. The third-order valence-electron chi connectivity index (χ3n) is 3.42. The van der Waals surface area contributed by atoms with Gasteiger partial charge in [0.25, 0.3) is 0 Å². The van der Waals surface area contributed by atoms with Crippen LogP contribution in [0.25, 0.3) is 0 Å². The number of carbonyl (C=O) groups excluding carboxylic acids is 1. The first-order chi connectivity index (χ1) is 12.6. The molecule has 0 aliphatic heterocycles. The molecule has 0 rings (SSSR count). The maximum atomic E-state index is 11.8. The largest absolute Gasteiger partial charge is 0.465 e. The maximum absolute atomic E-state index is 11.8. The summed E-state index contributed by atoms with van der Waals surface area (Å²) in [5.74, 6) is 2.48. The number of hydrogen-bond donors (Lipinski definition) is 4. The van der Waals surface area contributed by atoms with Gasteiger partial charge in [-0.2, -0.15) is 50.5 Å². The van der Waals surface area contributed by atoms with Crippen molar-refractivity contribution in [3.63, 3.8) is 0 Å². The van der Waals surface area contributed by atoms with Gasteiger partial charge in [0.2, 0.25) is 0 Å². The van der Waals surface area contributed by atoms with E-state index < -0.39 is 5.41 Å². The highest BCUT2D eigenvalue weighted by Gasteiger charge is 2.33. The van der Waals surface area contributed by atoms with Crippen LogP contribution >= 0.6 is 50.5 Å². The summed E-state index contributed by atoms with van der Waals surface area (Å²) in [6.07, 6.45) is 2.86. The van der Waals surface area contributed by atoms with Crippen LogP contribution in [0.4, 0.5) is 0 Å². The van der Waals surface area contributed by atoms with Gasteiger partial charge in [-0.15, -0.1) is 0 Å². The predicted octanol–water partition coefficient (Wildman–Crippen LogP) is 2.85. The Bertz CT molecular complexity index is 303. The second-order valence-corrected chi connectivity index (χ2v) is 7.81. The first-order valence-corrected chi connectivity index (χ1v) is 11.5. The molecule has 0 unspecified atom stereocenters. The Morgan fingerprint density at radius 2 is 1.08 bits per heavy atom. The van der Waals surface area contributed by atoms with Crippen molar-refractivity contribution in [1.82, 2.24) is 0 Å². The molecule has 0 aliphatic rings. The Balaban J connectivity index is 4.81. The molecular formula is C17H34O5S4. The topological polar surface area (TPSA) is 54.0 Å². The van der Waals surface area contributed by atoms with E-state index in [9.17, 15) is 4.79 Å². The van der Waals surface area contributed by atoms with Crippen molar-refractivity contribution in [2.75, 3.05) is 69.3 Å². The smallest absolute Gasteiger partial charge is 0.306 e. The molecule has 0 spiro atoms. The van der Waals surface area contributed by atoms with E-state index in [-0.39, 0.29) is 19.0 Å². The normalized spacial score (nSPS) is 11.7. The van der Waals surface area contributed by atoms with Gasteiger partial charge < -0.3 is 18.9 Å². The molecule has 9 heteroatoms. The van der Waals surface area contributed by atoms with E-state index in [0.717, 1.165) is 36.5 Å². The van der Waals surface area contributed by atoms with Crippen molar-refractivity contribution in [1.29, 1.82) is 0 Å². The van der Waals surface area contributed by atoms with Crippen LogP contribution < -0.4 is 0 Å². The fourth-order valence-corrected chi connectivity index (χ4v) is 2.58. The van der Waals surface area contributed by atoms with Gasteiger partial charge in [0.1, 0.15) is 6.61 Å². The van der Waals surface area contributed by atoms with Gasteiger partial charge in [-0.1, -0.05) is 0 Å². The molecule has 0 fully saturated rings. The van der Waals surface area contributed by atoms with E-state index in [1.54, 1.807) is 0 Å². The quantitative estimate of drug-likeness (QED) is 0.140. The Kier molecular flexibility index (Phi) is 19.6. The van der Waals surface area contributed by atoms with Crippen LogP contribution in [-0.4, -0.2) is 75.2 Å². The molecule has 0 saturated heterocycles. The van der Waals surface area contributed by atoms with Crippen molar-refractivity contribution in [3.8, 4) is 0 Å². The average Bonchev–Trinajstić information content (AvgIpc) is 2.64. The standard InChI is InChI=1S/C17H34O5S4/c18-16(4-11-26)22-15-17(12-19-5-1-8-23,13-20-6-2-9-24)14-21-7-3-10-25/h23-26H,1-15H2. The SMILES string of the molecule is O=C(CCS)OCC(COCCCS)(COCCCS)COCCCS. The summed E-state index contributed by atoms with van der Waals surface area (Å²) in [5.41, 5.74) is -0.532. The highest BCUT2D eigenvalue weighted by Crippen LogP contribution is 2.22. The molecule has 0 radical (unpaired) electrons. The Morgan fingerprint density at radius 1 is 0.654 bits per heavy atom. The lowest BCUT2D eigenvalue weighted by atomic mass is 9.92. The number of carbonyl (C=O) groups is 1. The van der Waals surface area contributed by atoms with Gasteiger partial charge in [-0.3, -0.25) is 4.79 Å². The van der Waals surface area contributed by atoms with E-state index in [4.69, 9.17) is 18.9 Å². The number of ether oxygens (including phenoxy) is 4. The minimum Gasteiger partial charge on any atom is -0.465 e. The van der Waals surface area contributed by atoms with E-state index in [1.165, 1.54) is 0 Å². The first kappa shape index (κ1) is 26.8. The van der Waals surface area contributed by atoms with Crippen LogP contribution in [0.15, 0.2) is 0 Å². The second-order valence-electron chi connectivity index (χ2n) is 6.02. The van der Waals surface area contributed by atoms with Crippen molar-refractivity contribution < 1.29 is 23.7 Å². The second kappa shape index (κ2) is 19.1. The summed E-state index contributed by atoms with van der Waals surface area (Å²) < 4.78 is 22.8. The fraction of sp³-hybridized carbons (Fsp3) is 0.941. The Hall–Kier alpha value is 0.750. The molecule has 0 bridgehead atoms. The van der Waals surface area contributed by atoms with Gasteiger partial charge in [0, 0.05) is 25.6 Å². The molecule has 26 heavy (non-hydrogen) atoms. The highest BCUT2D eigenvalue weighted by atomic mass is 32.1. The summed E-state index contributed by atoms with van der Waals surface area (Å²) in [6.45, 7) is 3.20. The molecule has 0 heterocycles. The van der Waals surface area contributed by atoms with Crippen LogP contribution in [0, 0.1) is 5.41 Å². The van der Waals surface area contributed by atoms with Crippen LogP contribution in [-0.2, 0) is 23.7 Å². The summed E-state index contributed by atoms with van der Waals surface area (Å²) in [6, 6.07) is 0. The lowest BCUT2D eigenvalue weighted by Crippen LogP contribution is -2.42. The Morgan fingerprint density at radius 3 is 1.42 bits per heavy atom. The monoisotopic (exact) mass is 446 g/mol. The summed E-state index contributed by atoms with van der Waals surface area (Å²) >= 11 is 16.7. The number of thiol groups is 4. The number of rotatable bonds is 19. The van der Waals surface area contributed by atoms with Gasteiger partial charge >= 0.3 is 5.97 Å². The van der Waals surface area contributed by atoms with Crippen molar-refractivity contribution in [2.24, 2.45) is 5.41 Å². The van der Waals surface area contributed by atoms with Gasteiger partial charge in [-0.25, -0.2) is 0 Å². The first-order valence-electron chi connectivity index (χ1n) is 8.96. The van der Waals surface area contributed by atoms with Gasteiger partial charge in [0.05, 0.1) is 31.7 Å². The molecule has 5 nitrogen and oxygen atoms in total. The summed E-state index contributed by atoms with van der Waals surface area (Å²) in [4.78, 5) is 11.8. The zero-order valence-electron chi connectivity index (χ0n) is 15.4.